The lowest BCUT2D eigenvalue weighted by Crippen LogP contribution is -2.38. The molecular formula is C18H23F3N2O4. The molecule has 0 radical (unpaired) electrons. The van der Waals surface area contributed by atoms with Gasteiger partial charge >= 0.3 is 12.1 Å². The van der Waals surface area contributed by atoms with Crippen LogP contribution >= 0.6 is 0 Å². The van der Waals surface area contributed by atoms with Gasteiger partial charge in [0.15, 0.2) is 0 Å². The fraction of sp³-hybridized carbons (Fsp3) is 0.611. The number of alkyl halides is 3. The number of anilines is 1. The summed E-state index contributed by atoms with van der Waals surface area (Å²) in [5, 5.41) is 9.33. The summed E-state index contributed by atoms with van der Waals surface area (Å²) in [4.78, 5) is 15.5. The summed E-state index contributed by atoms with van der Waals surface area (Å²) >= 11 is 0. The Hall–Kier alpha value is -1.84. The summed E-state index contributed by atoms with van der Waals surface area (Å²) in [5.74, 6) is -1.37. The van der Waals surface area contributed by atoms with Gasteiger partial charge in [-0.1, -0.05) is 0 Å². The average Bonchev–Trinajstić information content (AvgIpc) is 3.10. The van der Waals surface area contributed by atoms with Crippen LogP contribution in [0.1, 0.15) is 22.3 Å². The SMILES string of the molecule is O=C(O)c1cc(C(F)(F)F)ccc1N1CC[C@H](OCCN2CCOCC2)C1. The van der Waals surface area contributed by atoms with Crippen LogP contribution in [-0.4, -0.2) is 74.6 Å². The zero-order valence-corrected chi connectivity index (χ0v) is 14.9. The van der Waals surface area contributed by atoms with Gasteiger partial charge in [-0.3, -0.25) is 4.90 Å². The van der Waals surface area contributed by atoms with Crippen molar-refractivity contribution in [2.24, 2.45) is 0 Å². The molecule has 0 aromatic heterocycles. The summed E-state index contributed by atoms with van der Waals surface area (Å²) in [6.07, 6.45) is -3.92. The van der Waals surface area contributed by atoms with Gasteiger partial charge in [0.1, 0.15) is 0 Å². The molecular weight excluding hydrogens is 365 g/mol. The lowest BCUT2D eigenvalue weighted by atomic mass is 10.1. The van der Waals surface area contributed by atoms with Crippen molar-refractivity contribution < 1.29 is 32.5 Å². The van der Waals surface area contributed by atoms with Crippen molar-refractivity contribution >= 4 is 11.7 Å². The van der Waals surface area contributed by atoms with Crippen molar-refractivity contribution in [3.8, 4) is 0 Å². The molecule has 9 heteroatoms. The maximum absolute atomic E-state index is 12.9. The highest BCUT2D eigenvalue weighted by Gasteiger charge is 2.33. The van der Waals surface area contributed by atoms with E-state index in [-0.39, 0.29) is 11.7 Å². The molecule has 2 aliphatic heterocycles. The van der Waals surface area contributed by atoms with Gasteiger partial charge < -0.3 is 19.5 Å². The third-order valence-electron chi connectivity index (χ3n) is 4.90. The first kappa shape index (κ1) is 19.9. The molecule has 2 saturated heterocycles. The van der Waals surface area contributed by atoms with Crippen LogP contribution < -0.4 is 4.90 Å². The molecule has 1 aromatic rings. The Labute approximate surface area is 155 Å². The quantitative estimate of drug-likeness (QED) is 0.807. The minimum Gasteiger partial charge on any atom is -0.478 e. The average molecular weight is 388 g/mol. The number of hydrogen-bond donors (Lipinski definition) is 1. The molecule has 0 amide bonds. The molecule has 2 aliphatic rings. The van der Waals surface area contributed by atoms with E-state index in [1.165, 1.54) is 6.07 Å². The van der Waals surface area contributed by atoms with E-state index in [0.717, 1.165) is 38.9 Å². The van der Waals surface area contributed by atoms with Gasteiger partial charge in [0.25, 0.3) is 0 Å². The molecule has 150 valence electrons. The number of ether oxygens (including phenoxy) is 2. The maximum atomic E-state index is 12.9. The van der Waals surface area contributed by atoms with Crippen LogP contribution in [0.2, 0.25) is 0 Å². The first-order valence-corrected chi connectivity index (χ1v) is 8.96. The largest absolute Gasteiger partial charge is 0.478 e. The van der Waals surface area contributed by atoms with Crippen molar-refractivity contribution in [3.05, 3.63) is 29.3 Å². The smallest absolute Gasteiger partial charge is 0.416 e. The standard InChI is InChI=1S/C18H23F3N2O4/c19-18(20,21)13-1-2-16(15(11-13)17(24)25)23-4-3-14(12-23)27-10-7-22-5-8-26-9-6-22/h1-2,11,14H,3-10,12H2,(H,24,25)/t14-/m0/s1. The number of halogens is 3. The van der Waals surface area contributed by atoms with E-state index in [9.17, 15) is 23.1 Å². The Bertz CT molecular complexity index is 662. The monoisotopic (exact) mass is 388 g/mol. The molecule has 27 heavy (non-hydrogen) atoms. The Kier molecular flexibility index (Phi) is 6.23. The number of morpholine rings is 1. The first-order chi connectivity index (χ1) is 12.8. The second-order valence-corrected chi connectivity index (χ2v) is 6.72. The predicted octanol–water partition coefficient (Wildman–Crippen LogP) is 2.33. The molecule has 3 rings (SSSR count). The van der Waals surface area contributed by atoms with E-state index in [2.05, 4.69) is 4.90 Å². The van der Waals surface area contributed by atoms with Crippen LogP contribution in [0.25, 0.3) is 0 Å². The van der Waals surface area contributed by atoms with Crippen molar-refractivity contribution in [1.82, 2.24) is 4.90 Å². The van der Waals surface area contributed by atoms with Crippen molar-refractivity contribution in [1.29, 1.82) is 0 Å². The van der Waals surface area contributed by atoms with Gasteiger partial charge in [0.2, 0.25) is 0 Å². The summed E-state index contributed by atoms with van der Waals surface area (Å²) in [5.41, 5.74) is -0.991. The summed E-state index contributed by atoms with van der Waals surface area (Å²) in [7, 11) is 0. The van der Waals surface area contributed by atoms with Gasteiger partial charge in [0, 0.05) is 32.7 Å². The topological polar surface area (TPSA) is 62.2 Å². The van der Waals surface area contributed by atoms with Crippen LogP contribution in [0.15, 0.2) is 18.2 Å². The Balaban J connectivity index is 1.58. The highest BCUT2D eigenvalue weighted by atomic mass is 19.4. The molecule has 0 spiro atoms. The number of carboxylic acid groups (broad SMARTS) is 1. The van der Waals surface area contributed by atoms with E-state index in [4.69, 9.17) is 9.47 Å². The highest BCUT2D eigenvalue weighted by molar-refractivity contribution is 5.94. The van der Waals surface area contributed by atoms with Crippen LogP contribution in [0.4, 0.5) is 18.9 Å². The summed E-state index contributed by atoms with van der Waals surface area (Å²) in [6, 6.07) is 2.86. The molecule has 2 fully saturated rings. The summed E-state index contributed by atoms with van der Waals surface area (Å²) < 4.78 is 49.7. The lowest BCUT2D eigenvalue weighted by Gasteiger charge is -2.27. The van der Waals surface area contributed by atoms with Crippen LogP contribution in [-0.2, 0) is 15.7 Å². The number of hydrogen-bond acceptors (Lipinski definition) is 5. The lowest BCUT2D eigenvalue weighted by molar-refractivity contribution is -0.137. The van der Waals surface area contributed by atoms with Gasteiger partial charge in [-0.25, -0.2) is 4.79 Å². The molecule has 0 aliphatic carbocycles. The molecule has 2 heterocycles. The van der Waals surface area contributed by atoms with Gasteiger partial charge in [-0.2, -0.15) is 13.2 Å². The zero-order valence-electron chi connectivity index (χ0n) is 14.9. The van der Waals surface area contributed by atoms with Crippen molar-refractivity contribution in [2.75, 3.05) is 57.4 Å². The molecule has 1 aromatic carbocycles. The van der Waals surface area contributed by atoms with E-state index >= 15 is 0 Å². The number of carbonyl (C=O) groups is 1. The third-order valence-corrected chi connectivity index (χ3v) is 4.90. The number of nitrogens with zero attached hydrogens (tertiary/aromatic N) is 2. The number of carboxylic acids is 1. The zero-order chi connectivity index (χ0) is 19.4. The number of aromatic carboxylic acids is 1. The summed E-state index contributed by atoms with van der Waals surface area (Å²) in [6.45, 7) is 5.61. The molecule has 1 N–H and O–H groups in total. The Morgan fingerprint density at radius 1 is 1.26 bits per heavy atom. The van der Waals surface area contributed by atoms with Crippen LogP contribution in [0.3, 0.4) is 0 Å². The minimum absolute atomic E-state index is 0.0602. The van der Waals surface area contributed by atoms with E-state index in [1.54, 1.807) is 4.90 Å². The second-order valence-electron chi connectivity index (χ2n) is 6.72. The fourth-order valence-electron chi connectivity index (χ4n) is 3.42. The Morgan fingerprint density at radius 2 is 2.00 bits per heavy atom. The predicted molar refractivity (Wildman–Crippen MR) is 92.2 cm³/mol. The van der Waals surface area contributed by atoms with Gasteiger partial charge in [-0.15, -0.1) is 0 Å². The van der Waals surface area contributed by atoms with Crippen molar-refractivity contribution in [3.63, 3.8) is 0 Å². The molecule has 0 bridgehead atoms. The molecule has 0 unspecified atom stereocenters. The minimum atomic E-state index is -4.57. The molecule has 6 nitrogen and oxygen atoms in total. The number of rotatable bonds is 6. The molecule has 0 saturated carbocycles. The maximum Gasteiger partial charge on any atom is 0.416 e. The van der Waals surface area contributed by atoms with Gasteiger partial charge in [-0.05, 0) is 24.6 Å². The second kappa shape index (κ2) is 8.45. The fourth-order valence-corrected chi connectivity index (χ4v) is 3.42. The van der Waals surface area contributed by atoms with Crippen LogP contribution in [0.5, 0.6) is 0 Å². The highest BCUT2D eigenvalue weighted by Crippen LogP contribution is 2.34. The third kappa shape index (κ3) is 5.12. The van der Waals surface area contributed by atoms with Gasteiger partial charge in [0.05, 0.1) is 42.7 Å². The van der Waals surface area contributed by atoms with Crippen molar-refractivity contribution in [2.45, 2.75) is 18.7 Å². The normalized spacial score (nSPS) is 21.6. The Morgan fingerprint density at radius 3 is 2.67 bits per heavy atom. The van der Waals surface area contributed by atoms with E-state index in [1.807, 2.05) is 0 Å². The van der Waals surface area contributed by atoms with E-state index in [0.29, 0.717) is 37.9 Å². The van der Waals surface area contributed by atoms with E-state index < -0.39 is 17.7 Å². The number of benzene rings is 1. The first-order valence-electron chi connectivity index (χ1n) is 8.96. The van der Waals surface area contributed by atoms with Crippen LogP contribution in [0, 0.1) is 0 Å². The molecule has 1 atom stereocenters.